The molecule has 1 N–H and O–H groups in total. The lowest BCUT2D eigenvalue weighted by Crippen LogP contribution is -2.51. The lowest BCUT2D eigenvalue weighted by Gasteiger charge is -2.36. The number of aryl methyl sites for hydroxylation is 1. The van der Waals surface area contributed by atoms with E-state index >= 15 is 0 Å². The number of carbonyl (C=O) groups is 1. The molecule has 0 aromatic carbocycles. The summed E-state index contributed by atoms with van der Waals surface area (Å²) in [5, 5.41) is 6.76. The predicted molar refractivity (Wildman–Crippen MR) is 73.9 cm³/mol. The smallest absolute Gasteiger partial charge is 0.271 e. The zero-order valence-corrected chi connectivity index (χ0v) is 12.4. The van der Waals surface area contributed by atoms with Crippen LogP contribution in [-0.4, -0.2) is 21.8 Å². The second kappa shape index (κ2) is 5.48. The molecule has 5 heteroatoms. The number of thiazole rings is 1. The van der Waals surface area contributed by atoms with Crippen molar-refractivity contribution >= 4 is 33.2 Å². The first kappa shape index (κ1) is 13.0. The molecule has 0 spiro atoms. The number of alkyl halides is 1. The first-order valence-electron chi connectivity index (χ1n) is 5.96. The van der Waals surface area contributed by atoms with E-state index in [0.29, 0.717) is 5.69 Å². The second-order valence-corrected chi connectivity index (χ2v) is 6.30. The van der Waals surface area contributed by atoms with Gasteiger partial charge in [-0.2, -0.15) is 0 Å². The molecule has 0 bridgehead atoms. The third-order valence-electron chi connectivity index (χ3n) is 3.30. The van der Waals surface area contributed by atoms with Crippen LogP contribution in [0.4, 0.5) is 0 Å². The summed E-state index contributed by atoms with van der Waals surface area (Å²) in [6.07, 6.45) is 5.80. The molecule has 1 aliphatic carbocycles. The van der Waals surface area contributed by atoms with Crippen LogP contribution in [0.5, 0.6) is 0 Å². The van der Waals surface area contributed by atoms with Crippen LogP contribution in [0.15, 0.2) is 5.38 Å². The van der Waals surface area contributed by atoms with Crippen LogP contribution >= 0.6 is 27.3 Å². The first-order valence-corrected chi connectivity index (χ1v) is 7.96. The van der Waals surface area contributed by atoms with E-state index in [9.17, 15) is 4.79 Å². The van der Waals surface area contributed by atoms with Gasteiger partial charge in [0.2, 0.25) is 0 Å². The Bertz CT molecular complexity index is 399. The molecule has 0 radical (unpaired) electrons. The topological polar surface area (TPSA) is 42.0 Å². The summed E-state index contributed by atoms with van der Waals surface area (Å²) >= 11 is 5.06. The van der Waals surface area contributed by atoms with Gasteiger partial charge < -0.3 is 5.32 Å². The average Bonchev–Trinajstić information content (AvgIpc) is 2.77. The van der Waals surface area contributed by atoms with E-state index in [1.807, 2.05) is 12.3 Å². The van der Waals surface area contributed by atoms with Gasteiger partial charge in [-0.15, -0.1) is 11.3 Å². The third kappa shape index (κ3) is 3.07. The quantitative estimate of drug-likeness (QED) is 0.869. The summed E-state index contributed by atoms with van der Waals surface area (Å²) in [6, 6.07) is 0. The van der Waals surface area contributed by atoms with E-state index in [0.717, 1.165) is 23.2 Å². The molecule has 17 heavy (non-hydrogen) atoms. The molecule has 0 aliphatic heterocycles. The van der Waals surface area contributed by atoms with Gasteiger partial charge in [-0.3, -0.25) is 4.79 Å². The molecule has 0 atom stereocenters. The molecule has 1 saturated carbocycles. The van der Waals surface area contributed by atoms with Crippen LogP contribution in [0.3, 0.4) is 0 Å². The van der Waals surface area contributed by atoms with Crippen LogP contribution in [0.25, 0.3) is 0 Å². The highest BCUT2D eigenvalue weighted by molar-refractivity contribution is 9.09. The molecular weight excluding hydrogens is 300 g/mol. The van der Waals surface area contributed by atoms with Gasteiger partial charge in [0, 0.05) is 10.7 Å². The monoisotopic (exact) mass is 316 g/mol. The van der Waals surface area contributed by atoms with Crippen LogP contribution in [0.1, 0.15) is 47.6 Å². The summed E-state index contributed by atoms with van der Waals surface area (Å²) in [6.45, 7) is 1.92. The van der Waals surface area contributed by atoms with Gasteiger partial charge in [-0.05, 0) is 19.8 Å². The maximum absolute atomic E-state index is 12.1. The fraction of sp³-hybridized carbons (Fsp3) is 0.667. The fourth-order valence-electron chi connectivity index (χ4n) is 2.29. The van der Waals surface area contributed by atoms with E-state index in [-0.39, 0.29) is 11.4 Å². The third-order valence-corrected chi connectivity index (χ3v) is 5.14. The number of carbonyl (C=O) groups excluding carboxylic acids is 1. The SMILES string of the molecule is Cc1nc(C(=O)NC2(CBr)CCCCC2)cs1. The highest BCUT2D eigenvalue weighted by Gasteiger charge is 2.33. The zero-order chi connectivity index (χ0) is 12.3. The van der Waals surface area contributed by atoms with Crippen molar-refractivity contribution in [1.29, 1.82) is 0 Å². The van der Waals surface area contributed by atoms with Crippen molar-refractivity contribution in [3.05, 3.63) is 16.1 Å². The molecule has 1 aliphatic rings. The molecule has 2 rings (SSSR count). The molecule has 94 valence electrons. The normalized spacial score (nSPS) is 18.9. The molecular formula is C12H17BrN2OS. The van der Waals surface area contributed by atoms with E-state index in [4.69, 9.17) is 0 Å². The summed E-state index contributed by atoms with van der Waals surface area (Å²) < 4.78 is 0. The minimum atomic E-state index is -0.0626. The van der Waals surface area contributed by atoms with Crippen LogP contribution in [-0.2, 0) is 0 Å². The van der Waals surface area contributed by atoms with Crippen molar-refractivity contribution < 1.29 is 4.79 Å². The molecule has 1 aromatic heterocycles. The van der Waals surface area contributed by atoms with E-state index < -0.39 is 0 Å². The lowest BCUT2D eigenvalue weighted by molar-refractivity contribution is 0.0882. The van der Waals surface area contributed by atoms with Crippen LogP contribution in [0, 0.1) is 6.92 Å². The van der Waals surface area contributed by atoms with Gasteiger partial charge in [0.1, 0.15) is 5.69 Å². The maximum atomic E-state index is 12.1. The van der Waals surface area contributed by atoms with E-state index in [1.165, 1.54) is 30.6 Å². The van der Waals surface area contributed by atoms with Crippen molar-refractivity contribution in [2.24, 2.45) is 0 Å². The Kier molecular flexibility index (Phi) is 4.20. The number of nitrogens with one attached hydrogen (secondary N) is 1. The molecule has 0 saturated heterocycles. The molecule has 1 heterocycles. The van der Waals surface area contributed by atoms with Crippen molar-refractivity contribution in [2.75, 3.05) is 5.33 Å². The lowest BCUT2D eigenvalue weighted by atomic mass is 9.83. The van der Waals surface area contributed by atoms with Gasteiger partial charge in [0.15, 0.2) is 0 Å². The zero-order valence-electron chi connectivity index (χ0n) is 9.96. The minimum Gasteiger partial charge on any atom is -0.344 e. The number of hydrogen-bond acceptors (Lipinski definition) is 3. The number of hydrogen-bond donors (Lipinski definition) is 1. The standard InChI is InChI=1S/C12H17BrN2OS/c1-9-14-10(7-17-9)11(16)15-12(8-13)5-3-2-4-6-12/h7H,2-6,8H2,1H3,(H,15,16). The van der Waals surface area contributed by atoms with Gasteiger partial charge in [-0.25, -0.2) is 4.98 Å². The Morgan fingerprint density at radius 1 is 1.53 bits per heavy atom. The van der Waals surface area contributed by atoms with Gasteiger partial charge in [0.05, 0.1) is 10.5 Å². The Labute approximate surface area is 114 Å². The highest BCUT2D eigenvalue weighted by Crippen LogP contribution is 2.30. The highest BCUT2D eigenvalue weighted by atomic mass is 79.9. The largest absolute Gasteiger partial charge is 0.344 e. The number of halogens is 1. The van der Waals surface area contributed by atoms with E-state index in [1.54, 1.807) is 0 Å². The molecule has 1 aromatic rings. The van der Waals surface area contributed by atoms with Crippen molar-refractivity contribution in [3.8, 4) is 0 Å². The van der Waals surface area contributed by atoms with Crippen molar-refractivity contribution in [1.82, 2.24) is 10.3 Å². The summed E-state index contributed by atoms with van der Waals surface area (Å²) in [5.41, 5.74) is 0.491. The van der Waals surface area contributed by atoms with Crippen LogP contribution in [0.2, 0.25) is 0 Å². The fourth-order valence-corrected chi connectivity index (χ4v) is 3.59. The van der Waals surface area contributed by atoms with Crippen LogP contribution < -0.4 is 5.32 Å². The van der Waals surface area contributed by atoms with E-state index in [2.05, 4.69) is 26.2 Å². The predicted octanol–water partition coefficient (Wildman–Crippen LogP) is 3.28. The molecule has 3 nitrogen and oxygen atoms in total. The molecule has 1 amide bonds. The Balaban J connectivity index is 2.05. The summed E-state index contributed by atoms with van der Waals surface area (Å²) in [7, 11) is 0. The summed E-state index contributed by atoms with van der Waals surface area (Å²) in [5.74, 6) is -0.0318. The number of rotatable bonds is 3. The number of nitrogens with zero attached hydrogens (tertiary/aromatic N) is 1. The molecule has 0 unspecified atom stereocenters. The summed E-state index contributed by atoms with van der Waals surface area (Å²) in [4.78, 5) is 16.3. The molecule has 1 fully saturated rings. The van der Waals surface area contributed by atoms with Gasteiger partial charge in [-0.1, -0.05) is 35.2 Å². The van der Waals surface area contributed by atoms with Gasteiger partial charge >= 0.3 is 0 Å². The minimum absolute atomic E-state index is 0.0318. The first-order chi connectivity index (χ1) is 8.15. The maximum Gasteiger partial charge on any atom is 0.271 e. The average molecular weight is 317 g/mol. The number of aromatic nitrogens is 1. The van der Waals surface area contributed by atoms with Crippen molar-refractivity contribution in [2.45, 2.75) is 44.6 Å². The Hall–Kier alpha value is -0.420. The Morgan fingerprint density at radius 2 is 2.24 bits per heavy atom. The van der Waals surface area contributed by atoms with Crippen molar-refractivity contribution in [3.63, 3.8) is 0 Å². The Morgan fingerprint density at radius 3 is 2.76 bits per heavy atom. The number of amides is 1. The van der Waals surface area contributed by atoms with Gasteiger partial charge in [0.25, 0.3) is 5.91 Å². The second-order valence-electron chi connectivity index (χ2n) is 4.68.